The molecular formula is C23H27N5O2. The lowest BCUT2D eigenvalue weighted by atomic mass is 10.3. The fourth-order valence-corrected chi connectivity index (χ4v) is 2.68. The van der Waals surface area contributed by atoms with Crippen molar-refractivity contribution in [1.29, 1.82) is 0 Å². The van der Waals surface area contributed by atoms with Crippen LogP contribution in [0.15, 0.2) is 78.0 Å². The molecule has 2 aromatic heterocycles. The first-order valence-electron chi connectivity index (χ1n) is 9.93. The molecule has 7 nitrogen and oxygen atoms in total. The summed E-state index contributed by atoms with van der Waals surface area (Å²) in [5, 5.41) is 6.57. The average Bonchev–Trinajstić information content (AvgIpc) is 2.81. The van der Waals surface area contributed by atoms with E-state index >= 15 is 0 Å². The molecule has 2 heterocycles. The van der Waals surface area contributed by atoms with Crippen molar-refractivity contribution in [2.45, 2.75) is 13.0 Å². The number of hydrogen-bond acceptors (Lipinski definition) is 5. The number of aliphatic imine (C=N–C) groups is 1. The minimum atomic E-state index is 0.437. The third kappa shape index (κ3) is 7.43. The second kappa shape index (κ2) is 12.1. The van der Waals surface area contributed by atoms with Crippen molar-refractivity contribution in [1.82, 2.24) is 20.6 Å². The third-order valence-electron chi connectivity index (χ3n) is 4.23. The van der Waals surface area contributed by atoms with Gasteiger partial charge in [-0.3, -0.25) is 9.98 Å². The monoisotopic (exact) mass is 405 g/mol. The maximum atomic E-state index is 5.63. The van der Waals surface area contributed by atoms with Gasteiger partial charge in [-0.1, -0.05) is 30.3 Å². The van der Waals surface area contributed by atoms with Crippen LogP contribution in [0.2, 0.25) is 0 Å². The van der Waals surface area contributed by atoms with E-state index in [9.17, 15) is 0 Å². The molecule has 0 aliphatic heterocycles. The molecular weight excluding hydrogens is 378 g/mol. The molecule has 0 unspecified atom stereocenters. The van der Waals surface area contributed by atoms with E-state index in [0.717, 1.165) is 35.9 Å². The van der Waals surface area contributed by atoms with Gasteiger partial charge >= 0.3 is 0 Å². The summed E-state index contributed by atoms with van der Waals surface area (Å²) < 4.78 is 11.2. The number of ether oxygens (including phenoxy) is 2. The van der Waals surface area contributed by atoms with E-state index < -0.39 is 0 Å². The molecule has 0 aliphatic rings. The number of hydrogen-bond donors (Lipinski definition) is 2. The Morgan fingerprint density at radius 3 is 2.47 bits per heavy atom. The van der Waals surface area contributed by atoms with Crippen LogP contribution in [0.4, 0.5) is 0 Å². The van der Waals surface area contributed by atoms with Crippen LogP contribution in [0.3, 0.4) is 0 Å². The highest BCUT2D eigenvalue weighted by Crippen LogP contribution is 2.10. The number of nitrogens with one attached hydrogen (secondary N) is 2. The number of rotatable bonds is 10. The smallest absolute Gasteiger partial charge is 0.213 e. The highest BCUT2D eigenvalue weighted by molar-refractivity contribution is 5.79. The maximum Gasteiger partial charge on any atom is 0.213 e. The van der Waals surface area contributed by atoms with Gasteiger partial charge in [-0.05, 0) is 29.8 Å². The van der Waals surface area contributed by atoms with Crippen molar-refractivity contribution in [3.8, 4) is 11.6 Å². The molecule has 7 heteroatoms. The summed E-state index contributed by atoms with van der Waals surface area (Å²) in [4.78, 5) is 12.9. The number of pyridine rings is 2. The van der Waals surface area contributed by atoms with E-state index in [1.54, 1.807) is 19.4 Å². The highest BCUT2D eigenvalue weighted by Gasteiger charge is 2.01. The van der Waals surface area contributed by atoms with Crippen molar-refractivity contribution in [3.63, 3.8) is 0 Å². The summed E-state index contributed by atoms with van der Waals surface area (Å²) in [6.45, 7) is 2.28. The predicted molar refractivity (Wildman–Crippen MR) is 118 cm³/mol. The van der Waals surface area contributed by atoms with E-state index in [-0.39, 0.29) is 0 Å². The number of para-hydroxylation sites is 1. The Morgan fingerprint density at radius 1 is 0.900 bits per heavy atom. The molecule has 0 bridgehead atoms. The molecule has 0 amide bonds. The van der Waals surface area contributed by atoms with E-state index in [1.807, 2.05) is 60.7 Å². The molecule has 156 valence electrons. The van der Waals surface area contributed by atoms with Crippen LogP contribution in [-0.2, 0) is 13.0 Å². The zero-order chi connectivity index (χ0) is 20.9. The minimum Gasteiger partial charge on any atom is -0.490 e. The predicted octanol–water partition coefficient (Wildman–Crippen LogP) is 2.84. The topological polar surface area (TPSA) is 80.7 Å². The highest BCUT2D eigenvalue weighted by atomic mass is 16.5. The lowest BCUT2D eigenvalue weighted by Crippen LogP contribution is -2.37. The lowest BCUT2D eigenvalue weighted by molar-refractivity contribution is 0.212. The summed E-state index contributed by atoms with van der Waals surface area (Å²) in [6.07, 6.45) is 4.43. The molecule has 30 heavy (non-hydrogen) atoms. The van der Waals surface area contributed by atoms with Gasteiger partial charge in [0.05, 0.1) is 0 Å². The van der Waals surface area contributed by atoms with Crippen LogP contribution in [-0.4, -0.2) is 42.7 Å². The van der Waals surface area contributed by atoms with Crippen molar-refractivity contribution in [2.24, 2.45) is 4.99 Å². The first-order valence-corrected chi connectivity index (χ1v) is 9.93. The van der Waals surface area contributed by atoms with Crippen LogP contribution < -0.4 is 20.1 Å². The summed E-state index contributed by atoms with van der Waals surface area (Å²) >= 11 is 0. The molecule has 0 radical (unpaired) electrons. The van der Waals surface area contributed by atoms with Crippen molar-refractivity contribution >= 4 is 5.96 Å². The van der Waals surface area contributed by atoms with E-state index in [0.29, 0.717) is 25.6 Å². The summed E-state index contributed by atoms with van der Waals surface area (Å²) in [6, 6.07) is 19.4. The number of guanidine groups is 1. The maximum absolute atomic E-state index is 5.63. The van der Waals surface area contributed by atoms with E-state index in [4.69, 9.17) is 9.47 Å². The van der Waals surface area contributed by atoms with Crippen LogP contribution in [0.1, 0.15) is 11.3 Å². The molecule has 0 atom stereocenters. The van der Waals surface area contributed by atoms with Crippen molar-refractivity contribution < 1.29 is 9.47 Å². The Kier molecular flexibility index (Phi) is 8.48. The Labute approximate surface area is 177 Å². The summed E-state index contributed by atoms with van der Waals surface area (Å²) in [5.41, 5.74) is 2.09. The van der Waals surface area contributed by atoms with Gasteiger partial charge < -0.3 is 20.1 Å². The SMILES string of the molecule is CN=C(NCCc1ccccn1)NCc1ccc(OCCOc2ccccc2)nc1. The van der Waals surface area contributed by atoms with Gasteiger partial charge in [0.25, 0.3) is 0 Å². The summed E-state index contributed by atoms with van der Waals surface area (Å²) in [5.74, 6) is 2.15. The first-order chi connectivity index (χ1) is 14.8. The molecule has 1 aromatic carbocycles. The van der Waals surface area contributed by atoms with Gasteiger partial charge in [-0.2, -0.15) is 0 Å². The Morgan fingerprint density at radius 2 is 1.73 bits per heavy atom. The second-order valence-corrected chi connectivity index (χ2v) is 6.44. The van der Waals surface area contributed by atoms with E-state index in [1.165, 1.54) is 0 Å². The Balaban J connectivity index is 1.34. The Hall–Kier alpha value is -3.61. The van der Waals surface area contributed by atoms with Gasteiger partial charge in [0.15, 0.2) is 5.96 Å². The fourth-order valence-electron chi connectivity index (χ4n) is 2.68. The zero-order valence-electron chi connectivity index (χ0n) is 17.1. The minimum absolute atomic E-state index is 0.437. The summed E-state index contributed by atoms with van der Waals surface area (Å²) in [7, 11) is 1.75. The molecule has 0 saturated heterocycles. The third-order valence-corrected chi connectivity index (χ3v) is 4.23. The normalized spacial score (nSPS) is 11.0. The van der Waals surface area contributed by atoms with Gasteiger partial charge in [0, 0.05) is 50.7 Å². The van der Waals surface area contributed by atoms with Crippen LogP contribution in [0, 0.1) is 0 Å². The van der Waals surface area contributed by atoms with Crippen LogP contribution in [0.25, 0.3) is 0 Å². The molecule has 3 rings (SSSR count). The molecule has 2 N–H and O–H groups in total. The molecule has 3 aromatic rings. The largest absolute Gasteiger partial charge is 0.490 e. The second-order valence-electron chi connectivity index (χ2n) is 6.44. The number of benzene rings is 1. The van der Waals surface area contributed by atoms with Crippen molar-refractivity contribution in [2.75, 3.05) is 26.8 Å². The van der Waals surface area contributed by atoms with E-state index in [2.05, 4.69) is 25.6 Å². The van der Waals surface area contributed by atoms with Crippen LogP contribution in [0.5, 0.6) is 11.6 Å². The standard InChI is InChI=1S/C23H27N5O2/c1-24-23(26-14-12-20-7-5-6-13-25-20)28-18-19-10-11-22(27-17-19)30-16-15-29-21-8-3-2-4-9-21/h2-11,13,17H,12,14-16,18H2,1H3,(H2,24,26,28). The average molecular weight is 406 g/mol. The Bertz CT molecular complexity index is 886. The molecule has 0 saturated carbocycles. The zero-order valence-corrected chi connectivity index (χ0v) is 17.1. The first kappa shape index (κ1) is 21.1. The van der Waals surface area contributed by atoms with Crippen molar-refractivity contribution in [3.05, 3.63) is 84.3 Å². The lowest BCUT2D eigenvalue weighted by Gasteiger charge is -2.12. The number of nitrogens with zero attached hydrogens (tertiary/aromatic N) is 3. The van der Waals surface area contributed by atoms with Gasteiger partial charge in [-0.15, -0.1) is 0 Å². The molecule has 0 spiro atoms. The van der Waals surface area contributed by atoms with Gasteiger partial charge in [-0.25, -0.2) is 4.98 Å². The molecule has 0 fully saturated rings. The molecule has 0 aliphatic carbocycles. The quantitative estimate of drug-likeness (QED) is 0.307. The number of aromatic nitrogens is 2. The van der Waals surface area contributed by atoms with Gasteiger partial charge in [0.2, 0.25) is 5.88 Å². The van der Waals surface area contributed by atoms with Crippen LogP contribution >= 0.6 is 0 Å². The van der Waals surface area contributed by atoms with Gasteiger partial charge in [0.1, 0.15) is 19.0 Å². The fraction of sp³-hybridized carbons (Fsp3) is 0.261.